The van der Waals surface area contributed by atoms with Crippen molar-refractivity contribution in [3.63, 3.8) is 0 Å². The first-order chi connectivity index (χ1) is 13.2. The Morgan fingerprint density at radius 2 is 1.59 bits per heavy atom. The van der Waals surface area contributed by atoms with Crippen molar-refractivity contribution in [2.75, 3.05) is 0 Å². The van der Waals surface area contributed by atoms with Gasteiger partial charge in [0.05, 0.1) is 0 Å². The molecule has 0 radical (unpaired) electrons. The molecule has 1 N–H and O–H groups in total. The zero-order valence-corrected chi connectivity index (χ0v) is 15.4. The van der Waals surface area contributed by atoms with E-state index >= 15 is 0 Å². The van der Waals surface area contributed by atoms with Crippen LogP contribution in [0, 0.1) is 5.41 Å². The van der Waals surface area contributed by atoms with Crippen molar-refractivity contribution in [3.05, 3.63) is 119 Å². The number of rotatable bonds is 6. The van der Waals surface area contributed by atoms with Gasteiger partial charge in [-0.15, -0.1) is 0 Å². The molecule has 3 aromatic carbocycles. The van der Waals surface area contributed by atoms with Crippen molar-refractivity contribution in [1.29, 1.82) is 5.41 Å². The molecule has 0 heterocycles. The quantitative estimate of drug-likeness (QED) is 0.315. The summed E-state index contributed by atoms with van der Waals surface area (Å²) in [6.45, 7) is 2.10. The number of hydrogen-bond acceptors (Lipinski definition) is 2. The molecule has 2 nitrogen and oxygen atoms in total. The van der Waals surface area contributed by atoms with Gasteiger partial charge in [-0.3, -0.25) is 5.41 Å². The maximum absolute atomic E-state index is 8.09. The van der Waals surface area contributed by atoms with Crippen LogP contribution in [-0.4, -0.2) is 5.90 Å². The topological polar surface area (TPSA) is 33.1 Å². The highest BCUT2D eigenvalue weighted by atomic mass is 16.5. The molecule has 0 saturated carbocycles. The summed E-state index contributed by atoms with van der Waals surface area (Å²) in [4.78, 5) is 0. The van der Waals surface area contributed by atoms with Crippen molar-refractivity contribution < 1.29 is 4.74 Å². The third-order valence-corrected chi connectivity index (χ3v) is 4.16. The molecule has 0 aliphatic carbocycles. The SMILES string of the molecule is CC(=C/Cc1ccccc1)/C=C/c1cccc(OC(=N)c2ccccc2)c1. The molecule has 0 amide bonds. The molecule has 0 spiro atoms. The van der Waals surface area contributed by atoms with E-state index in [1.807, 2.05) is 60.7 Å². The van der Waals surface area contributed by atoms with E-state index < -0.39 is 0 Å². The van der Waals surface area contributed by atoms with Crippen LogP contribution in [0.4, 0.5) is 0 Å². The number of benzene rings is 3. The molecule has 0 aliphatic heterocycles. The van der Waals surface area contributed by atoms with Crippen LogP contribution < -0.4 is 4.74 Å². The molecule has 0 bridgehead atoms. The largest absolute Gasteiger partial charge is 0.439 e. The van der Waals surface area contributed by atoms with E-state index in [1.165, 1.54) is 11.1 Å². The number of ether oxygens (including phenoxy) is 1. The molecule has 0 aromatic heterocycles. The maximum atomic E-state index is 8.09. The molecule has 0 aliphatic rings. The smallest absolute Gasteiger partial charge is 0.219 e. The molecule has 3 rings (SSSR count). The summed E-state index contributed by atoms with van der Waals surface area (Å²) in [7, 11) is 0. The van der Waals surface area contributed by atoms with Gasteiger partial charge in [-0.1, -0.05) is 84.5 Å². The Hall–Kier alpha value is -3.39. The van der Waals surface area contributed by atoms with Crippen LogP contribution in [0.1, 0.15) is 23.6 Å². The summed E-state index contributed by atoms with van der Waals surface area (Å²) in [6.07, 6.45) is 7.31. The highest BCUT2D eigenvalue weighted by molar-refractivity contribution is 5.93. The first kappa shape index (κ1) is 18.4. The van der Waals surface area contributed by atoms with Gasteiger partial charge in [0.1, 0.15) is 5.75 Å². The predicted molar refractivity (Wildman–Crippen MR) is 113 cm³/mol. The minimum Gasteiger partial charge on any atom is -0.439 e. The van der Waals surface area contributed by atoms with E-state index in [0.29, 0.717) is 5.75 Å². The second-order valence-corrected chi connectivity index (χ2v) is 6.34. The van der Waals surface area contributed by atoms with Gasteiger partial charge >= 0.3 is 0 Å². The van der Waals surface area contributed by atoms with Crippen LogP contribution in [0.5, 0.6) is 5.75 Å². The number of allylic oxidation sites excluding steroid dienone is 3. The number of hydrogen-bond donors (Lipinski definition) is 1. The second-order valence-electron chi connectivity index (χ2n) is 6.34. The average molecular weight is 353 g/mol. The van der Waals surface area contributed by atoms with E-state index in [2.05, 4.69) is 49.4 Å². The van der Waals surface area contributed by atoms with Crippen molar-refractivity contribution >= 4 is 12.0 Å². The standard InChI is InChI=1S/C25H23NO/c1-20(15-17-21-9-4-2-5-10-21)16-18-22-11-8-14-24(19-22)27-25(26)23-12-6-3-7-13-23/h2-16,18-19,26H,17H2,1H3/b18-16+,20-15-,26-25?. The van der Waals surface area contributed by atoms with Crippen molar-refractivity contribution in [3.8, 4) is 5.75 Å². The lowest BCUT2D eigenvalue weighted by atomic mass is 10.1. The predicted octanol–water partition coefficient (Wildman–Crippen LogP) is 6.29. The minimum absolute atomic E-state index is 0.149. The lowest BCUT2D eigenvalue weighted by Crippen LogP contribution is -2.08. The highest BCUT2D eigenvalue weighted by Crippen LogP contribution is 2.17. The molecule has 3 aromatic rings. The van der Waals surface area contributed by atoms with Crippen LogP contribution >= 0.6 is 0 Å². The molecule has 2 heteroatoms. The van der Waals surface area contributed by atoms with E-state index in [-0.39, 0.29) is 5.90 Å². The van der Waals surface area contributed by atoms with Gasteiger partial charge in [0.15, 0.2) is 0 Å². The van der Waals surface area contributed by atoms with Crippen molar-refractivity contribution in [1.82, 2.24) is 0 Å². The molecule has 0 unspecified atom stereocenters. The fourth-order valence-corrected chi connectivity index (χ4v) is 2.64. The van der Waals surface area contributed by atoms with Gasteiger partial charge in [-0.05, 0) is 48.7 Å². The summed E-state index contributed by atoms with van der Waals surface area (Å²) in [5.74, 6) is 0.813. The Morgan fingerprint density at radius 1 is 0.889 bits per heavy atom. The Balaban J connectivity index is 1.63. The van der Waals surface area contributed by atoms with E-state index in [0.717, 1.165) is 17.5 Å². The Bertz CT molecular complexity index is 940. The van der Waals surface area contributed by atoms with Crippen molar-refractivity contribution in [2.45, 2.75) is 13.3 Å². The van der Waals surface area contributed by atoms with Crippen LogP contribution in [0.15, 0.2) is 103 Å². The Labute approximate surface area is 161 Å². The molecular weight excluding hydrogens is 330 g/mol. The highest BCUT2D eigenvalue weighted by Gasteiger charge is 2.03. The van der Waals surface area contributed by atoms with Gasteiger partial charge in [-0.2, -0.15) is 0 Å². The molecule has 0 atom stereocenters. The van der Waals surface area contributed by atoms with Crippen LogP contribution in [-0.2, 0) is 6.42 Å². The third-order valence-electron chi connectivity index (χ3n) is 4.16. The number of nitrogens with one attached hydrogen (secondary N) is 1. The van der Waals surface area contributed by atoms with Gasteiger partial charge in [-0.25, -0.2) is 0 Å². The van der Waals surface area contributed by atoms with Crippen LogP contribution in [0.3, 0.4) is 0 Å². The average Bonchev–Trinajstić information content (AvgIpc) is 2.72. The summed E-state index contributed by atoms with van der Waals surface area (Å²) >= 11 is 0. The minimum atomic E-state index is 0.149. The third kappa shape index (κ3) is 5.82. The van der Waals surface area contributed by atoms with Gasteiger partial charge in [0, 0.05) is 5.56 Å². The van der Waals surface area contributed by atoms with Gasteiger partial charge in [0.2, 0.25) is 5.90 Å². The van der Waals surface area contributed by atoms with E-state index in [1.54, 1.807) is 0 Å². The zero-order chi connectivity index (χ0) is 18.9. The summed E-state index contributed by atoms with van der Waals surface area (Å²) in [6, 6.07) is 27.7. The summed E-state index contributed by atoms with van der Waals surface area (Å²) in [5, 5.41) is 8.09. The van der Waals surface area contributed by atoms with E-state index in [4.69, 9.17) is 10.1 Å². The maximum Gasteiger partial charge on any atom is 0.219 e. The van der Waals surface area contributed by atoms with E-state index in [9.17, 15) is 0 Å². The van der Waals surface area contributed by atoms with Gasteiger partial charge < -0.3 is 4.74 Å². The zero-order valence-electron chi connectivity index (χ0n) is 15.4. The summed E-state index contributed by atoms with van der Waals surface area (Å²) in [5.41, 5.74) is 4.32. The summed E-state index contributed by atoms with van der Waals surface area (Å²) < 4.78 is 5.69. The molecule has 0 saturated heterocycles. The molecule has 0 fully saturated rings. The second kappa shape index (κ2) is 9.35. The van der Waals surface area contributed by atoms with Crippen LogP contribution in [0.25, 0.3) is 6.08 Å². The molecule has 27 heavy (non-hydrogen) atoms. The van der Waals surface area contributed by atoms with Crippen molar-refractivity contribution in [2.24, 2.45) is 0 Å². The first-order valence-electron chi connectivity index (χ1n) is 9.01. The normalized spacial score (nSPS) is 11.5. The molecular formula is C25H23NO. The lowest BCUT2D eigenvalue weighted by molar-refractivity contribution is 0.547. The fourth-order valence-electron chi connectivity index (χ4n) is 2.64. The van der Waals surface area contributed by atoms with Gasteiger partial charge in [0.25, 0.3) is 0 Å². The lowest BCUT2D eigenvalue weighted by Gasteiger charge is -2.07. The Morgan fingerprint density at radius 3 is 2.33 bits per heavy atom. The van der Waals surface area contributed by atoms with Crippen LogP contribution in [0.2, 0.25) is 0 Å². The fraction of sp³-hybridized carbons (Fsp3) is 0.0800. The first-order valence-corrected chi connectivity index (χ1v) is 9.01. The Kier molecular flexibility index (Phi) is 6.37. The monoisotopic (exact) mass is 353 g/mol. The molecule has 134 valence electrons.